The fraction of sp³-hybridized carbons (Fsp3) is 0.286. The third-order valence-corrected chi connectivity index (χ3v) is 4.35. The van der Waals surface area contributed by atoms with E-state index in [9.17, 15) is 14.0 Å². The number of nitrogen functional groups attached to an aromatic ring is 1. The zero-order chi connectivity index (χ0) is 16.4. The number of aldehydes is 1. The van der Waals surface area contributed by atoms with Crippen LogP contribution in [-0.4, -0.2) is 40.2 Å². The molecule has 0 spiro atoms. The van der Waals surface area contributed by atoms with Gasteiger partial charge in [-0.2, -0.15) is 0 Å². The lowest BCUT2D eigenvalue weighted by atomic mass is 10.0. The first-order valence-corrected chi connectivity index (χ1v) is 7.32. The topological polar surface area (TPSA) is 75.4 Å². The Labute approximate surface area is 137 Å². The fourth-order valence-electron chi connectivity index (χ4n) is 2.33. The van der Waals surface area contributed by atoms with Crippen molar-refractivity contribution in [2.45, 2.75) is 18.9 Å². The molecule has 0 bridgehead atoms. The molecule has 1 aliphatic heterocycles. The Bertz CT molecular complexity index is 678. The molecule has 116 valence electrons. The molecule has 0 aromatic heterocycles. The first kappa shape index (κ1) is 16.4. The number of amides is 1. The van der Waals surface area contributed by atoms with E-state index in [0.29, 0.717) is 24.1 Å². The van der Waals surface area contributed by atoms with Crippen LogP contribution in [0.25, 0.3) is 0 Å². The maximum atomic E-state index is 13.8. The molecule has 5 nitrogen and oxygen atoms in total. The minimum absolute atomic E-state index is 0.133. The Hall–Kier alpha value is -1.93. The van der Waals surface area contributed by atoms with Crippen LogP contribution >= 0.6 is 24.4 Å². The molecule has 0 aliphatic carbocycles. The van der Waals surface area contributed by atoms with Gasteiger partial charge in [-0.25, -0.2) is 4.39 Å². The quantitative estimate of drug-likeness (QED) is 0.493. The molecule has 0 saturated carbocycles. The Balaban J connectivity index is 2.36. The van der Waals surface area contributed by atoms with Gasteiger partial charge in [0.25, 0.3) is 0 Å². The summed E-state index contributed by atoms with van der Waals surface area (Å²) in [6.07, 6.45) is 1.42. The lowest BCUT2D eigenvalue weighted by Crippen LogP contribution is -2.52. The normalized spacial score (nSPS) is 17.8. The van der Waals surface area contributed by atoms with Gasteiger partial charge in [-0.3, -0.25) is 9.59 Å². The predicted molar refractivity (Wildman–Crippen MR) is 89.4 cm³/mol. The highest BCUT2D eigenvalue weighted by atomic mass is 32.1. The SMILES string of the molecule is CN(C(=S)c1c(N)ccc(F)c1C=O)C1CCC(=S)NC1=O. The van der Waals surface area contributed by atoms with Crippen LogP contribution in [0.15, 0.2) is 12.1 Å². The van der Waals surface area contributed by atoms with Crippen molar-refractivity contribution in [3.05, 3.63) is 29.1 Å². The molecule has 1 aromatic carbocycles. The van der Waals surface area contributed by atoms with E-state index in [0.717, 1.165) is 6.07 Å². The van der Waals surface area contributed by atoms with Crippen molar-refractivity contribution >= 4 is 52.3 Å². The second kappa shape index (κ2) is 6.45. The number of hydrogen-bond acceptors (Lipinski definition) is 5. The number of thiocarbonyl (C=S) groups is 2. The summed E-state index contributed by atoms with van der Waals surface area (Å²) in [4.78, 5) is 25.3. The van der Waals surface area contributed by atoms with Gasteiger partial charge in [-0.15, -0.1) is 0 Å². The third kappa shape index (κ3) is 2.97. The van der Waals surface area contributed by atoms with Crippen molar-refractivity contribution < 1.29 is 14.0 Å². The van der Waals surface area contributed by atoms with Crippen LogP contribution in [0.4, 0.5) is 10.1 Å². The van der Waals surface area contributed by atoms with Gasteiger partial charge in [0.2, 0.25) is 5.91 Å². The van der Waals surface area contributed by atoms with Gasteiger partial charge in [-0.1, -0.05) is 24.4 Å². The van der Waals surface area contributed by atoms with E-state index in [1.807, 2.05) is 0 Å². The number of nitrogens with zero attached hydrogens (tertiary/aromatic N) is 1. The van der Waals surface area contributed by atoms with Crippen LogP contribution in [-0.2, 0) is 4.79 Å². The van der Waals surface area contributed by atoms with E-state index < -0.39 is 11.9 Å². The zero-order valence-corrected chi connectivity index (χ0v) is 13.4. The average molecular weight is 339 g/mol. The van der Waals surface area contributed by atoms with Gasteiger partial charge in [0.05, 0.1) is 10.6 Å². The maximum Gasteiger partial charge on any atom is 0.247 e. The zero-order valence-electron chi connectivity index (χ0n) is 11.8. The maximum absolute atomic E-state index is 13.8. The molecule has 1 aliphatic rings. The monoisotopic (exact) mass is 339 g/mol. The van der Waals surface area contributed by atoms with Crippen molar-refractivity contribution in [1.82, 2.24) is 10.2 Å². The number of carbonyl (C=O) groups excluding carboxylic acids is 2. The summed E-state index contributed by atoms with van der Waals surface area (Å²) >= 11 is 10.3. The molecule has 1 aromatic rings. The first-order valence-electron chi connectivity index (χ1n) is 6.50. The number of benzene rings is 1. The number of hydrogen-bond donors (Lipinski definition) is 2. The summed E-state index contributed by atoms with van der Waals surface area (Å²) in [5.41, 5.74) is 5.94. The van der Waals surface area contributed by atoms with E-state index in [2.05, 4.69) is 5.32 Å². The van der Waals surface area contributed by atoms with Crippen LogP contribution in [0.3, 0.4) is 0 Å². The molecule has 1 fully saturated rings. The van der Waals surface area contributed by atoms with E-state index in [-0.39, 0.29) is 27.7 Å². The van der Waals surface area contributed by atoms with Crippen LogP contribution in [0.1, 0.15) is 28.8 Å². The van der Waals surface area contributed by atoms with Crippen molar-refractivity contribution in [3.8, 4) is 0 Å². The lowest BCUT2D eigenvalue weighted by molar-refractivity contribution is -0.124. The second-order valence-electron chi connectivity index (χ2n) is 4.93. The molecule has 2 rings (SSSR count). The van der Waals surface area contributed by atoms with Crippen LogP contribution in [0, 0.1) is 5.82 Å². The van der Waals surface area contributed by atoms with E-state index >= 15 is 0 Å². The Morgan fingerprint density at radius 2 is 2.23 bits per heavy atom. The van der Waals surface area contributed by atoms with Gasteiger partial charge in [-0.05, 0) is 18.6 Å². The number of likely N-dealkylation sites (N-methyl/N-ethyl adjacent to an activating group) is 1. The van der Waals surface area contributed by atoms with Gasteiger partial charge in [0.15, 0.2) is 6.29 Å². The summed E-state index contributed by atoms with van der Waals surface area (Å²) in [7, 11) is 1.61. The standard InChI is InChI=1S/C14H14FN3O2S2/c1-18(10-4-5-11(21)17-13(10)20)14(22)12-7(6-19)8(15)2-3-9(12)16/h2-3,6,10H,4-5,16H2,1H3,(H,17,20,21). The number of anilines is 1. The second-order valence-corrected chi connectivity index (χ2v) is 5.81. The molecular formula is C14H14FN3O2S2. The Morgan fingerprint density at radius 1 is 1.55 bits per heavy atom. The van der Waals surface area contributed by atoms with E-state index in [4.69, 9.17) is 30.2 Å². The molecular weight excluding hydrogens is 325 g/mol. The van der Waals surface area contributed by atoms with Gasteiger partial charge >= 0.3 is 0 Å². The first-order chi connectivity index (χ1) is 10.4. The molecule has 8 heteroatoms. The number of halogens is 1. The number of nitrogens with one attached hydrogen (secondary N) is 1. The van der Waals surface area contributed by atoms with Crippen LogP contribution < -0.4 is 11.1 Å². The van der Waals surface area contributed by atoms with Crippen molar-refractivity contribution in [2.24, 2.45) is 0 Å². The van der Waals surface area contributed by atoms with Crippen molar-refractivity contribution in [2.75, 3.05) is 12.8 Å². The molecule has 1 saturated heterocycles. The number of piperidine rings is 1. The van der Waals surface area contributed by atoms with Gasteiger partial charge in [0, 0.05) is 24.7 Å². The summed E-state index contributed by atoms with van der Waals surface area (Å²) in [5.74, 6) is -0.979. The molecule has 0 radical (unpaired) electrons. The molecule has 1 heterocycles. The van der Waals surface area contributed by atoms with Crippen molar-refractivity contribution in [3.63, 3.8) is 0 Å². The molecule has 3 N–H and O–H groups in total. The highest BCUT2D eigenvalue weighted by Crippen LogP contribution is 2.23. The average Bonchev–Trinajstić information content (AvgIpc) is 2.48. The van der Waals surface area contributed by atoms with Crippen LogP contribution in [0.2, 0.25) is 0 Å². The summed E-state index contributed by atoms with van der Waals surface area (Å²) in [6.45, 7) is 0. The van der Waals surface area contributed by atoms with E-state index in [1.165, 1.54) is 11.0 Å². The predicted octanol–water partition coefficient (Wildman–Crippen LogP) is 1.43. The largest absolute Gasteiger partial charge is 0.398 e. The minimum atomic E-state index is -0.704. The summed E-state index contributed by atoms with van der Waals surface area (Å²) in [5, 5.41) is 2.59. The van der Waals surface area contributed by atoms with Crippen molar-refractivity contribution in [1.29, 1.82) is 0 Å². The Morgan fingerprint density at radius 3 is 2.82 bits per heavy atom. The fourth-order valence-corrected chi connectivity index (χ4v) is 2.91. The molecule has 1 atom stereocenters. The number of carbonyl (C=O) groups is 2. The van der Waals surface area contributed by atoms with Gasteiger partial charge < -0.3 is 16.0 Å². The Kier molecular flexibility index (Phi) is 4.82. The summed E-state index contributed by atoms with van der Waals surface area (Å²) < 4.78 is 13.8. The molecule has 1 amide bonds. The minimum Gasteiger partial charge on any atom is -0.398 e. The smallest absolute Gasteiger partial charge is 0.247 e. The molecule has 1 unspecified atom stereocenters. The van der Waals surface area contributed by atoms with Crippen LogP contribution in [0.5, 0.6) is 0 Å². The number of rotatable bonds is 3. The summed E-state index contributed by atoms with van der Waals surface area (Å²) in [6, 6.07) is 1.91. The van der Waals surface area contributed by atoms with E-state index in [1.54, 1.807) is 7.05 Å². The van der Waals surface area contributed by atoms with Gasteiger partial charge in [0.1, 0.15) is 16.8 Å². The lowest BCUT2D eigenvalue weighted by Gasteiger charge is -2.33. The number of nitrogens with two attached hydrogens (primary N) is 1. The highest BCUT2D eigenvalue weighted by Gasteiger charge is 2.31. The molecule has 22 heavy (non-hydrogen) atoms. The third-order valence-electron chi connectivity index (χ3n) is 3.55. The highest BCUT2D eigenvalue weighted by molar-refractivity contribution is 7.80.